The van der Waals surface area contributed by atoms with Crippen LogP contribution in [0.15, 0.2) is 85.1 Å². The highest BCUT2D eigenvalue weighted by Gasteiger charge is 2.25. The van der Waals surface area contributed by atoms with Crippen LogP contribution in [-0.4, -0.2) is 60.5 Å². The number of nitrogens with two attached hydrogens (primary N) is 1. The van der Waals surface area contributed by atoms with Crippen molar-refractivity contribution in [2.75, 3.05) is 26.4 Å². The van der Waals surface area contributed by atoms with E-state index < -0.39 is 32.5 Å². The highest BCUT2D eigenvalue weighted by Crippen LogP contribution is 2.43. The summed E-state index contributed by atoms with van der Waals surface area (Å²) in [7, 11) is -4.41. The SMILES string of the molecule is CCCCC/C=C\C/C=C\C/C=C\CCCCCCC(=O)OC[C@H](COP(=O)(O)OCCN)OC(=O)CCC/C=C\C/C=C\C/C=C\C=C\[C@@H](O)CCCCC. The average molecular weight is 806 g/mol. The summed E-state index contributed by atoms with van der Waals surface area (Å²) < 4.78 is 32.6. The molecule has 3 atom stereocenters. The Morgan fingerprint density at radius 1 is 0.625 bits per heavy atom. The van der Waals surface area contributed by atoms with E-state index in [0.29, 0.717) is 19.3 Å². The molecule has 11 heteroatoms. The van der Waals surface area contributed by atoms with Crippen molar-refractivity contribution < 1.29 is 42.7 Å². The maximum Gasteiger partial charge on any atom is 0.472 e. The molecule has 0 aliphatic heterocycles. The van der Waals surface area contributed by atoms with Gasteiger partial charge in [-0.1, -0.05) is 144 Å². The Kier molecular flexibility index (Phi) is 38.3. The van der Waals surface area contributed by atoms with Gasteiger partial charge in [-0.3, -0.25) is 18.6 Å². The molecule has 0 heterocycles. The standard InChI is InChI=1S/C45H76NO9P/c1-3-5-7-8-9-10-11-12-13-14-15-16-19-22-25-28-32-36-44(48)52-40-43(41-54-56(50,51)53-39-38-46)55-45(49)37-33-29-26-23-20-17-18-21-24-27-31-35-42(47)34-30-6-4-2/h9-10,12-13,15-18,23-24,26-27,31,35,42-43,47H,3-8,11,14,19-22,25,28-30,32-34,36-41,46H2,1-2H3,(H,50,51)/b10-9-,13-12-,16-15-,18-17-,26-23-,27-24-,35-31+/t42-,43+/m0/s1. The number of aliphatic hydroxyl groups is 1. The Hall–Kier alpha value is -2.85. The number of phosphoric ester groups is 1. The molecule has 0 saturated carbocycles. The molecule has 0 amide bonds. The average Bonchev–Trinajstić information content (AvgIpc) is 3.18. The first-order valence-corrected chi connectivity index (χ1v) is 22.7. The molecule has 0 bridgehead atoms. The molecular weight excluding hydrogens is 729 g/mol. The number of hydrogen-bond acceptors (Lipinski definition) is 9. The first kappa shape index (κ1) is 53.1. The summed E-state index contributed by atoms with van der Waals surface area (Å²) in [5.41, 5.74) is 5.33. The van der Waals surface area contributed by atoms with Crippen LogP contribution in [0.2, 0.25) is 0 Å². The first-order chi connectivity index (χ1) is 27.2. The van der Waals surface area contributed by atoms with Crippen molar-refractivity contribution in [2.24, 2.45) is 5.73 Å². The van der Waals surface area contributed by atoms with Gasteiger partial charge in [-0.2, -0.15) is 0 Å². The van der Waals surface area contributed by atoms with Crippen LogP contribution < -0.4 is 5.73 Å². The minimum absolute atomic E-state index is 0.0293. The van der Waals surface area contributed by atoms with E-state index in [1.54, 1.807) is 0 Å². The van der Waals surface area contributed by atoms with E-state index in [-0.39, 0.29) is 38.7 Å². The Balaban J connectivity index is 4.38. The summed E-state index contributed by atoms with van der Waals surface area (Å²) in [6, 6.07) is 0. The van der Waals surface area contributed by atoms with Gasteiger partial charge in [0.2, 0.25) is 0 Å². The lowest BCUT2D eigenvalue weighted by Gasteiger charge is -2.19. The van der Waals surface area contributed by atoms with Gasteiger partial charge in [0.05, 0.1) is 19.3 Å². The van der Waals surface area contributed by atoms with Gasteiger partial charge in [-0.25, -0.2) is 4.57 Å². The number of phosphoric acid groups is 1. The predicted octanol–water partition coefficient (Wildman–Crippen LogP) is 11.0. The van der Waals surface area contributed by atoms with Gasteiger partial charge in [0.15, 0.2) is 6.10 Å². The molecule has 0 spiro atoms. The number of aliphatic hydroxyl groups excluding tert-OH is 1. The number of hydrogen-bond donors (Lipinski definition) is 3. The van der Waals surface area contributed by atoms with Crippen molar-refractivity contribution in [1.82, 2.24) is 0 Å². The van der Waals surface area contributed by atoms with Gasteiger partial charge >= 0.3 is 19.8 Å². The van der Waals surface area contributed by atoms with Crippen molar-refractivity contribution in [3.05, 3.63) is 85.1 Å². The first-order valence-electron chi connectivity index (χ1n) is 21.2. The maximum atomic E-state index is 12.6. The topological polar surface area (TPSA) is 155 Å². The fourth-order valence-electron chi connectivity index (χ4n) is 5.15. The predicted molar refractivity (Wildman–Crippen MR) is 230 cm³/mol. The third-order valence-corrected chi connectivity index (χ3v) is 9.34. The van der Waals surface area contributed by atoms with Gasteiger partial charge in [0, 0.05) is 19.4 Å². The zero-order chi connectivity index (χ0) is 41.2. The van der Waals surface area contributed by atoms with Crippen LogP contribution in [0.3, 0.4) is 0 Å². The highest BCUT2D eigenvalue weighted by atomic mass is 31.2. The zero-order valence-electron chi connectivity index (χ0n) is 34.7. The van der Waals surface area contributed by atoms with E-state index >= 15 is 0 Å². The van der Waals surface area contributed by atoms with Gasteiger partial charge in [-0.15, -0.1) is 0 Å². The smallest absolute Gasteiger partial charge is 0.462 e. The Labute approximate surface area is 339 Å². The van der Waals surface area contributed by atoms with E-state index in [0.717, 1.165) is 77.0 Å². The molecule has 10 nitrogen and oxygen atoms in total. The van der Waals surface area contributed by atoms with Crippen molar-refractivity contribution >= 4 is 19.8 Å². The number of carbonyl (C=O) groups is 2. The summed E-state index contributed by atoms with van der Waals surface area (Å²) in [5, 5.41) is 9.89. The van der Waals surface area contributed by atoms with Crippen LogP contribution in [0.5, 0.6) is 0 Å². The van der Waals surface area contributed by atoms with Crippen LogP contribution >= 0.6 is 7.82 Å². The van der Waals surface area contributed by atoms with E-state index in [9.17, 15) is 24.2 Å². The second kappa shape index (κ2) is 40.4. The molecule has 0 fully saturated rings. The third kappa shape index (κ3) is 39.4. The molecular formula is C45H76NO9P. The molecule has 0 saturated heterocycles. The fraction of sp³-hybridized carbons (Fsp3) is 0.644. The van der Waals surface area contributed by atoms with Crippen LogP contribution in [0.25, 0.3) is 0 Å². The minimum atomic E-state index is -4.41. The Bertz CT molecular complexity index is 1210. The number of ether oxygens (including phenoxy) is 2. The van der Waals surface area contributed by atoms with Gasteiger partial charge < -0.3 is 25.2 Å². The molecule has 0 aromatic rings. The number of unbranched alkanes of at least 4 members (excludes halogenated alkanes) is 10. The summed E-state index contributed by atoms with van der Waals surface area (Å²) in [6.45, 7) is 3.45. The molecule has 56 heavy (non-hydrogen) atoms. The second-order valence-electron chi connectivity index (χ2n) is 13.7. The van der Waals surface area contributed by atoms with Crippen LogP contribution in [0.1, 0.15) is 149 Å². The molecule has 0 radical (unpaired) electrons. The van der Waals surface area contributed by atoms with Crippen LogP contribution in [0.4, 0.5) is 0 Å². The number of esters is 2. The largest absolute Gasteiger partial charge is 0.472 e. The number of carbonyl (C=O) groups excluding carboxylic acids is 2. The second-order valence-corrected chi connectivity index (χ2v) is 15.2. The molecule has 0 rings (SSSR count). The molecule has 0 aliphatic rings. The summed E-state index contributed by atoms with van der Waals surface area (Å²) in [6.07, 6.45) is 46.6. The molecule has 0 aromatic carbocycles. The molecule has 0 aliphatic carbocycles. The van der Waals surface area contributed by atoms with Crippen molar-refractivity contribution in [2.45, 2.75) is 161 Å². The van der Waals surface area contributed by atoms with Crippen LogP contribution in [0, 0.1) is 0 Å². The zero-order valence-corrected chi connectivity index (χ0v) is 35.6. The van der Waals surface area contributed by atoms with Gasteiger partial charge in [-0.05, 0) is 77.0 Å². The Morgan fingerprint density at radius 2 is 1.16 bits per heavy atom. The molecule has 0 aromatic heterocycles. The monoisotopic (exact) mass is 806 g/mol. The maximum absolute atomic E-state index is 12.6. The van der Waals surface area contributed by atoms with E-state index in [4.69, 9.17) is 24.3 Å². The fourth-order valence-corrected chi connectivity index (χ4v) is 5.92. The van der Waals surface area contributed by atoms with Crippen molar-refractivity contribution in [3.63, 3.8) is 0 Å². The van der Waals surface area contributed by atoms with Gasteiger partial charge in [0.25, 0.3) is 0 Å². The molecule has 320 valence electrons. The van der Waals surface area contributed by atoms with E-state index in [1.165, 1.54) is 25.7 Å². The van der Waals surface area contributed by atoms with Crippen molar-refractivity contribution in [3.8, 4) is 0 Å². The normalized spacial score (nSPS) is 14.7. The minimum Gasteiger partial charge on any atom is -0.462 e. The number of allylic oxidation sites excluding steroid dienone is 13. The van der Waals surface area contributed by atoms with Crippen LogP contribution in [-0.2, 0) is 32.7 Å². The summed E-state index contributed by atoms with van der Waals surface area (Å²) in [4.78, 5) is 34.8. The summed E-state index contributed by atoms with van der Waals surface area (Å²) in [5.74, 6) is -0.955. The molecule has 4 N–H and O–H groups in total. The summed E-state index contributed by atoms with van der Waals surface area (Å²) >= 11 is 0. The lowest BCUT2D eigenvalue weighted by molar-refractivity contribution is -0.161. The van der Waals surface area contributed by atoms with E-state index in [2.05, 4.69) is 62.5 Å². The number of rotatable bonds is 38. The van der Waals surface area contributed by atoms with Crippen molar-refractivity contribution in [1.29, 1.82) is 0 Å². The molecule has 1 unspecified atom stereocenters. The Morgan fingerprint density at radius 3 is 1.79 bits per heavy atom. The highest BCUT2D eigenvalue weighted by molar-refractivity contribution is 7.47. The quantitative estimate of drug-likeness (QED) is 0.0180. The lowest BCUT2D eigenvalue weighted by atomic mass is 10.1. The van der Waals surface area contributed by atoms with Gasteiger partial charge in [0.1, 0.15) is 6.61 Å². The third-order valence-electron chi connectivity index (χ3n) is 8.36. The van der Waals surface area contributed by atoms with E-state index in [1.807, 2.05) is 36.5 Å². The lowest BCUT2D eigenvalue weighted by Crippen LogP contribution is -2.29.